The highest BCUT2D eigenvalue weighted by atomic mass is 32.2. The molecule has 11 heavy (non-hydrogen) atoms. The number of hydrogen-bond donors (Lipinski definition) is 1. The van der Waals surface area contributed by atoms with Crippen LogP contribution in [0, 0.1) is 0 Å². The van der Waals surface area contributed by atoms with Crippen LogP contribution in [0.1, 0.15) is 12.8 Å². The summed E-state index contributed by atoms with van der Waals surface area (Å²) in [4.78, 5) is 0. The van der Waals surface area contributed by atoms with Crippen molar-refractivity contribution < 1.29 is 4.21 Å². The Kier molecular flexibility index (Phi) is 2.90. The number of nitrogens with zero attached hydrogens (tertiary/aromatic N) is 1. The van der Waals surface area contributed by atoms with Crippen LogP contribution in [-0.2, 0) is 9.73 Å². The van der Waals surface area contributed by atoms with Crippen molar-refractivity contribution in [3.63, 3.8) is 0 Å². The Morgan fingerprint density at radius 1 is 1.45 bits per heavy atom. The molecule has 1 rings (SSSR count). The Balaban J connectivity index is 2.66. The lowest BCUT2D eigenvalue weighted by Gasteiger charge is -2.23. The molecule has 0 aromatic carbocycles. The van der Waals surface area contributed by atoms with E-state index in [-0.39, 0.29) is 0 Å². The van der Waals surface area contributed by atoms with Crippen molar-refractivity contribution in [2.75, 3.05) is 26.4 Å². The lowest BCUT2D eigenvalue weighted by molar-refractivity contribution is 0.518. The van der Waals surface area contributed by atoms with Crippen LogP contribution < -0.4 is 5.32 Å². The van der Waals surface area contributed by atoms with E-state index in [9.17, 15) is 4.21 Å². The highest BCUT2D eigenvalue weighted by Crippen LogP contribution is 2.13. The molecule has 0 aromatic rings. The summed E-state index contributed by atoms with van der Waals surface area (Å²) in [5.41, 5.74) is 0. The SMILES string of the molecule is CN=S(C)(=O)C1CCNCC1. The molecule has 1 aliphatic rings. The van der Waals surface area contributed by atoms with E-state index in [0.717, 1.165) is 25.9 Å². The largest absolute Gasteiger partial charge is 0.317 e. The Morgan fingerprint density at radius 3 is 2.45 bits per heavy atom. The third-order valence-electron chi connectivity index (χ3n) is 2.27. The van der Waals surface area contributed by atoms with E-state index in [4.69, 9.17) is 0 Å². The van der Waals surface area contributed by atoms with Gasteiger partial charge < -0.3 is 5.32 Å². The van der Waals surface area contributed by atoms with Gasteiger partial charge in [-0.1, -0.05) is 0 Å². The van der Waals surface area contributed by atoms with E-state index in [2.05, 4.69) is 9.68 Å². The minimum atomic E-state index is -1.89. The molecule has 0 radical (unpaired) electrons. The zero-order valence-electron chi connectivity index (χ0n) is 7.17. The fraction of sp³-hybridized carbons (Fsp3) is 1.00. The van der Waals surface area contributed by atoms with Crippen LogP contribution >= 0.6 is 0 Å². The van der Waals surface area contributed by atoms with Gasteiger partial charge >= 0.3 is 0 Å². The monoisotopic (exact) mass is 176 g/mol. The normalized spacial score (nSPS) is 26.0. The summed E-state index contributed by atoms with van der Waals surface area (Å²) in [6.45, 7) is 1.98. The average Bonchev–Trinajstić information content (AvgIpc) is 2.06. The molecule has 3 nitrogen and oxygen atoms in total. The van der Waals surface area contributed by atoms with E-state index in [1.54, 1.807) is 13.3 Å². The number of piperidine rings is 1. The summed E-state index contributed by atoms with van der Waals surface area (Å²) >= 11 is 0. The second-order valence-corrected chi connectivity index (χ2v) is 5.75. The molecule has 1 heterocycles. The third-order valence-corrected chi connectivity index (χ3v) is 4.70. The van der Waals surface area contributed by atoms with E-state index in [0.29, 0.717) is 5.25 Å². The predicted octanol–water partition coefficient (Wildman–Crippen LogP) is 0.466. The summed E-state index contributed by atoms with van der Waals surface area (Å²) in [7, 11) is -0.229. The van der Waals surface area contributed by atoms with E-state index in [1.165, 1.54) is 0 Å². The molecular weight excluding hydrogens is 160 g/mol. The first kappa shape index (κ1) is 9.00. The Morgan fingerprint density at radius 2 is 2.00 bits per heavy atom. The van der Waals surface area contributed by atoms with Gasteiger partial charge in [-0.25, -0.2) is 8.57 Å². The van der Waals surface area contributed by atoms with E-state index < -0.39 is 9.73 Å². The Labute approximate surface area is 68.8 Å². The summed E-state index contributed by atoms with van der Waals surface area (Å²) in [6.07, 6.45) is 3.78. The molecule has 4 heteroatoms. The van der Waals surface area contributed by atoms with Crippen LogP contribution in [0.25, 0.3) is 0 Å². The Bertz CT molecular complexity index is 225. The second kappa shape index (κ2) is 3.54. The van der Waals surface area contributed by atoms with Gasteiger partial charge in [0.1, 0.15) is 0 Å². The molecular formula is C7H16N2OS. The maximum atomic E-state index is 11.7. The quantitative estimate of drug-likeness (QED) is 0.631. The molecule has 1 unspecified atom stereocenters. The summed E-state index contributed by atoms with van der Waals surface area (Å²) in [6, 6.07) is 0. The third kappa shape index (κ3) is 2.17. The first-order chi connectivity index (χ1) is 5.17. The first-order valence-corrected chi connectivity index (χ1v) is 5.95. The fourth-order valence-electron chi connectivity index (χ4n) is 1.38. The fourth-order valence-corrected chi connectivity index (χ4v) is 2.79. The highest BCUT2D eigenvalue weighted by Gasteiger charge is 2.20. The van der Waals surface area contributed by atoms with Gasteiger partial charge in [-0.3, -0.25) is 0 Å². The molecule has 0 bridgehead atoms. The van der Waals surface area contributed by atoms with Gasteiger partial charge in [0.2, 0.25) is 0 Å². The van der Waals surface area contributed by atoms with Crippen LogP contribution in [-0.4, -0.2) is 35.9 Å². The predicted molar refractivity (Wildman–Crippen MR) is 48.3 cm³/mol. The molecule has 1 saturated heterocycles. The van der Waals surface area contributed by atoms with Crippen molar-refractivity contribution in [1.82, 2.24) is 5.32 Å². The summed E-state index contributed by atoms with van der Waals surface area (Å²) < 4.78 is 15.7. The van der Waals surface area contributed by atoms with Crippen LogP contribution in [0.2, 0.25) is 0 Å². The van der Waals surface area contributed by atoms with Gasteiger partial charge in [0, 0.05) is 28.3 Å². The molecule has 1 N–H and O–H groups in total. The molecule has 0 amide bonds. The molecule has 1 aliphatic heterocycles. The van der Waals surface area contributed by atoms with Crippen LogP contribution in [0.3, 0.4) is 0 Å². The lowest BCUT2D eigenvalue weighted by Crippen LogP contribution is -2.35. The minimum Gasteiger partial charge on any atom is -0.317 e. The average molecular weight is 176 g/mol. The van der Waals surface area contributed by atoms with Gasteiger partial charge in [-0.15, -0.1) is 0 Å². The Hall–Kier alpha value is -0.0900. The number of nitrogens with one attached hydrogen (secondary N) is 1. The van der Waals surface area contributed by atoms with Gasteiger partial charge in [-0.2, -0.15) is 0 Å². The van der Waals surface area contributed by atoms with E-state index >= 15 is 0 Å². The molecule has 1 atom stereocenters. The molecule has 0 saturated carbocycles. The van der Waals surface area contributed by atoms with Crippen LogP contribution in [0.4, 0.5) is 0 Å². The second-order valence-electron chi connectivity index (χ2n) is 2.99. The topological polar surface area (TPSA) is 41.5 Å². The first-order valence-electron chi connectivity index (χ1n) is 3.96. The molecule has 0 aliphatic carbocycles. The standard InChI is InChI=1S/C7H16N2OS/c1-8-11(2,10)7-3-5-9-6-4-7/h7,9H,3-6H2,1-2H3. The zero-order chi connectivity index (χ0) is 8.32. The van der Waals surface area contributed by atoms with Crippen molar-refractivity contribution in [2.45, 2.75) is 18.1 Å². The zero-order valence-corrected chi connectivity index (χ0v) is 7.99. The molecule has 0 aromatic heterocycles. The van der Waals surface area contributed by atoms with E-state index in [1.807, 2.05) is 0 Å². The highest BCUT2D eigenvalue weighted by molar-refractivity contribution is 7.93. The van der Waals surface area contributed by atoms with Crippen LogP contribution in [0.5, 0.6) is 0 Å². The van der Waals surface area contributed by atoms with Crippen molar-refractivity contribution in [3.8, 4) is 0 Å². The number of hydrogen-bond acceptors (Lipinski definition) is 3. The van der Waals surface area contributed by atoms with Crippen molar-refractivity contribution in [3.05, 3.63) is 0 Å². The van der Waals surface area contributed by atoms with Gasteiger partial charge in [0.05, 0.1) is 0 Å². The van der Waals surface area contributed by atoms with Crippen molar-refractivity contribution >= 4 is 9.73 Å². The minimum absolute atomic E-state index is 0.314. The lowest BCUT2D eigenvalue weighted by atomic mass is 10.2. The van der Waals surface area contributed by atoms with Crippen LogP contribution in [0.15, 0.2) is 4.36 Å². The van der Waals surface area contributed by atoms with Gasteiger partial charge in [0.15, 0.2) is 0 Å². The number of rotatable bonds is 1. The van der Waals surface area contributed by atoms with Gasteiger partial charge in [-0.05, 0) is 25.9 Å². The maximum absolute atomic E-state index is 11.7. The molecule has 66 valence electrons. The molecule has 0 spiro atoms. The summed E-state index contributed by atoms with van der Waals surface area (Å²) in [5.74, 6) is 0. The summed E-state index contributed by atoms with van der Waals surface area (Å²) in [5, 5.41) is 3.56. The van der Waals surface area contributed by atoms with Crippen molar-refractivity contribution in [1.29, 1.82) is 0 Å². The van der Waals surface area contributed by atoms with Gasteiger partial charge in [0.25, 0.3) is 0 Å². The molecule has 1 fully saturated rings. The van der Waals surface area contributed by atoms with Crippen molar-refractivity contribution in [2.24, 2.45) is 4.36 Å². The maximum Gasteiger partial charge on any atom is 0.0465 e. The smallest absolute Gasteiger partial charge is 0.0465 e.